The first kappa shape index (κ1) is 20.4. The largest absolute Gasteiger partial charge is 0.355 e. The van der Waals surface area contributed by atoms with Crippen LogP contribution in [0, 0.1) is 17.6 Å². The van der Waals surface area contributed by atoms with Gasteiger partial charge in [0.1, 0.15) is 6.54 Å². The molecule has 2 aromatic rings. The maximum Gasteiger partial charge on any atom is 0.240 e. The van der Waals surface area contributed by atoms with E-state index in [1.54, 1.807) is 4.57 Å². The molecule has 2 rings (SSSR count). The van der Waals surface area contributed by atoms with E-state index < -0.39 is 0 Å². The summed E-state index contributed by atoms with van der Waals surface area (Å²) in [4.78, 5) is 12.3. The molecule has 2 N–H and O–H groups in total. The van der Waals surface area contributed by atoms with E-state index in [0.29, 0.717) is 17.1 Å². The van der Waals surface area contributed by atoms with Crippen molar-refractivity contribution >= 4 is 18.1 Å². The molecule has 0 radical (unpaired) electrons. The van der Waals surface area contributed by atoms with Crippen molar-refractivity contribution in [1.29, 1.82) is 0 Å². The van der Waals surface area contributed by atoms with Crippen LogP contribution in [0.1, 0.15) is 51.5 Å². The Morgan fingerprint density at radius 1 is 1.19 bits per heavy atom. The van der Waals surface area contributed by atoms with E-state index in [9.17, 15) is 4.79 Å². The van der Waals surface area contributed by atoms with Crippen molar-refractivity contribution in [2.75, 3.05) is 6.54 Å². The summed E-state index contributed by atoms with van der Waals surface area (Å²) in [6.07, 6.45) is 5.97. The Balaban J connectivity index is 1.81. The van der Waals surface area contributed by atoms with Gasteiger partial charge >= 0.3 is 0 Å². The first-order valence-corrected chi connectivity index (χ1v) is 9.87. The topological polar surface area (TPSA) is 62.7 Å². The molecule has 0 aliphatic rings. The molecule has 1 heterocycles. The van der Waals surface area contributed by atoms with Crippen LogP contribution in [0.25, 0.3) is 11.4 Å². The number of hydrogen-bond acceptors (Lipinski definition) is 3. The number of hydrogen-bond donors (Lipinski definition) is 2. The molecule has 0 bridgehead atoms. The Hall–Kier alpha value is -1.95. The molecule has 142 valence electrons. The minimum Gasteiger partial charge on any atom is -0.355 e. The number of rotatable bonds is 10. The van der Waals surface area contributed by atoms with Crippen LogP contribution >= 0.6 is 12.2 Å². The van der Waals surface area contributed by atoms with Gasteiger partial charge < -0.3 is 5.32 Å². The van der Waals surface area contributed by atoms with E-state index in [0.717, 1.165) is 24.3 Å². The number of unbranched alkanes of at least 4 members (excludes halogenated alkanes) is 3. The van der Waals surface area contributed by atoms with Crippen LogP contribution in [0.15, 0.2) is 24.3 Å². The van der Waals surface area contributed by atoms with Crippen molar-refractivity contribution in [3.8, 4) is 11.4 Å². The monoisotopic (exact) mass is 374 g/mol. The van der Waals surface area contributed by atoms with Gasteiger partial charge in [-0.25, -0.2) is 0 Å². The number of aromatic amines is 1. The van der Waals surface area contributed by atoms with E-state index in [4.69, 9.17) is 12.2 Å². The highest BCUT2D eigenvalue weighted by molar-refractivity contribution is 7.71. The van der Waals surface area contributed by atoms with Crippen LogP contribution in [0.5, 0.6) is 0 Å². The number of carbonyl (C=O) groups is 1. The van der Waals surface area contributed by atoms with Crippen molar-refractivity contribution in [3.05, 3.63) is 34.6 Å². The molecule has 0 aliphatic heterocycles. The number of nitrogens with zero attached hydrogens (tertiary/aromatic N) is 2. The highest BCUT2D eigenvalue weighted by atomic mass is 32.1. The van der Waals surface area contributed by atoms with E-state index in [1.807, 2.05) is 31.2 Å². The molecule has 0 aliphatic carbocycles. The third-order valence-corrected chi connectivity index (χ3v) is 4.71. The number of benzene rings is 1. The average molecular weight is 375 g/mol. The molecular weight excluding hydrogens is 344 g/mol. The van der Waals surface area contributed by atoms with Gasteiger partial charge in [0.25, 0.3) is 0 Å². The lowest BCUT2D eigenvalue weighted by molar-refractivity contribution is -0.121. The first-order valence-electron chi connectivity index (χ1n) is 9.46. The Kier molecular flexibility index (Phi) is 8.04. The molecule has 1 aromatic heterocycles. The van der Waals surface area contributed by atoms with E-state index >= 15 is 0 Å². The fourth-order valence-corrected chi connectivity index (χ4v) is 3.04. The quantitative estimate of drug-likeness (QED) is 0.470. The van der Waals surface area contributed by atoms with Crippen molar-refractivity contribution in [2.45, 2.75) is 59.4 Å². The number of nitrogens with one attached hydrogen (secondary N) is 2. The number of aromatic nitrogens is 3. The number of carbonyl (C=O) groups excluding carboxylic acids is 1. The molecule has 0 fully saturated rings. The Labute approximate surface area is 161 Å². The van der Waals surface area contributed by atoms with Gasteiger partial charge in [-0.15, -0.1) is 0 Å². The molecule has 1 amide bonds. The van der Waals surface area contributed by atoms with Gasteiger partial charge in [-0.3, -0.25) is 14.5 Å². The summed E-state index contributed by atoms with van der Waals surface area (Å²) in [7, 11) is 0. The van der Waals surface area contributed by atoms with Crippen molar-refractivity contribution < 1.29 is 4.79 Å². The third kappa shape index (κ3) is 6.41. The van der Waals surface area contributed by atoms with E-state index in [-0.39, 0.29) is 12.5 Å². The molecule has 0 spiro atoms. The summed E-state index contributed by atoms with van der Waals surface area (Å²) >= 11 is 5.29. The minimum absolute atomic E-state index is 0.0296. The van der Waals surface area contributed by atoms with Gasteiger partial charge in [-0.2, -0.15) is 5.10 Å². The van der Waals surface area contributed by atoms with Crippen molar-refractivity contribution in [3.63, 3.8) is 0 Å². The zero-order chi connectivity index (χ0) is 18.9. The number of H-pyrrole nitrogens is 1. The van der Waals surface area contributed by atoms with Crippen LogP contribution in [0.4, 0.5) is 0 Å². The van der Waals surface area contributed by atoms with Crippen molar-refractivity contribution in [2.24, 2.45) is 5.92 Å². The lowest BCUT2D eigenvalue weighted by Gasteiger charge is -2.09. The summed E-state index contributed by atoms with van der Waals surface area (Å²) in [5.41, 5.74) is 2.13. The molecular formula is C20H30N4OS. The second kappa shape index (κ2) is 10.3. The van der Waals surface area contributed by atoms with Gasteiger partial charge in [-0.1, -0.05) is 69.4 Å². The van der Waals surface area contributed by atoms with Gasteiger partial charge in [0, 0.05) is 12.1 Å². The molecule has 0 saturated carbocycles. The summed E-state index contributed by atoms with van der Waals surface area (Å²) in [5, 5.41) is 10.1. The maximum absolute atomic E-state index is 12.3. The van der Waals surface area contributed by atoms with Crippen LogP contribution in [0.3, 0.4) is 0 Å². The molecule has 1 aromatic carbocycles. The van der Waals surface area contributed by atoms with Gasteiger partial charge in [0.05, 0.1) is 0 Å². The standard InChI is InChI=1S/C20H30N4OS/c1-15(2)8-6-4-5-7-13-21-18(25)14-24-19(22-23-20(24)26)17-11-9-16(3)10-12-17/h9-12,15H,4-8,13-14H2,1-3H3,(H,21,25)(H,23,26). The summed E-state index contributed by atoms with van der Waals surface area (Å²) < 4.78 is 2.21. The van der Waals surface area contributed by atoms with Crippen LogP contribution < -0.4 is 5.32 Å². The second-order valence-corrected chi connectivity index (χ2v) is 7.64. The first-order chi connectivity index (χ1) is 12.5. The summed E-state index contributed by atoms with van der Waals surface area (Å²) in [6, 6.07) is 8.03. The number of amides is 1. The highest BCUT2D eigenvalue weighted by Crippen LogP contribution is 2.17. The molecule has 5 nitrogen and oxygen atoms in total. The maximum atomic E-state index is 12.3. The fourth-order valence-electron chi connectivity index (χ4n) is 2.85. The van der Waals surface area contributed by atoms with Gasteiger partial charge in [0.15, 0.2) is 10.6 Å². The van der Waals surface area contributed by atoms with Gasteiger partial charge in [-0.05, 0) is 31.5 Å². The molecule has 0 atom stereocenters. The molecule has 0 saturated heterocycles. The predicted octanol–water partition coefficient (Wildman–Crippen LogP) is 4.64. The third-order valence-electron chi connectivity index (χ3n) is 4.40. The van der Waals surface area contributed by atoms with Crippen molar-refractivity contribution in [1.82, 2.24) is 20.1 Å². The van der Waals surface area contributed by atoms with E-state index in [1.165, 1.54) is 24.8 Å². The predicted molar refractivity (Wildman–Crippen MR) is 109 cm³/mol. The average Bonchev–Trinajstić information content (AvgIpc) is 2.95. The summed E-state index contributed by atoms with van der Waals surface area (Å²) in [6.45, 7) is 7.45. The van der Waals surface area contributed by atoms with E-state index in [2.05, 4.69) is 29.4 Å². The Bertz CT molecular complexity index is 746. The smallest absolute Gasteiger partial charge is 0.240 e. The fraction of sp³-hybridized carbons (Fsp3) is 0.550. The lowest BCUT2D eigenvalue weighted by atomic mass is 10.0. The summed E-state index contributed by atoms with van der Waals surface area (Å²) in [5.74, 6) is 1.44. The molecule has 0 unspecified atom stereocenters. The van der Waals surface area contributed by atoms with Crippen LogP contribution in [0.2, 0.25) is 0 Å². The molecule has 6 heteroatoms. The highest BCUT2D eigenvalue weighted by Gasteiger charge is 2.12. The second-order valence-electron chi connectivity index (χ2n) is 7.25. The van der Waals surface area contributed by atoms with Crippen LogP contribution in [-0.2, 0) is 11.3 Å². The minimum atomic E-state index is -0.0296. The Morgan fingerprint density at radius 3 is 2.58 bits per heavy atom. The SMILES string of the molecule is Cc1ccc(-c2n[nH]c(=S)n2CC(=O)NCCCCCCC(C)C)cc1. The van der Waals surface area contributed by atoms with Crippen LogP contribution in [-0.4, -0.2) is 27.2 Å². The normalized spacial score (nSPS) is 11.1. The Morgan fingerprint density at radius 2 is 1.88 bits per heavy atom. The zero-order valence-electron chi connectivity index (χ0n) is 16.0. The molecule has 26 heavy (non-hydrogen) atoms. The van der Waals surface area contributed by atoms with Gasteiger partial charge in [0.2, 0.25) is 5.91 Å². The zero-order valence-corrected chi connectivity index (χ0v) is 16.9. The lowest BCUT2D eigenvalue weighted by Crippen LogP contribution is -2.28. The number of aryl methyl sites for hydroxylation is 1.